The molecule has 1 aliphatic heterocycles. The summed E-state index contributed by atoms with van der Waals surface area (Å²) in [5.74, 6) is -5.08. The van der Waals surface area contributed by atoms with Gasteiger partial charge in [0.2, 0.25) is 6.10 Å². The van der Waals surface area contributed by atoms with Gasteiger partial charge in [0, 0.05) is 46.6 Å². The van der Waals surface area contributed by atoms with Crippen molar-refractivity contribution in [1.29, 1.82) is 0 Å². The number of esters is 4. The van der Waals surface area contributed by atoms with Crippen LogP contribution in [0.5, 0.6) is 0 Å². The van der Waals surface area contributed by atoms with E-state index >= 15 is 0 Å². The van der Waals surface area contributed by atoms with Crippen LogP contribution >= 0.6 is 0 Å². The van der Waals surface area contributed by atoms with Crippen LogP contribution < -0.4 is 0 Å². The van der Waals surface area contributed by atoms with Gasteiger partial charge in [-0.1, -0.05) is 39.3 Å². The minimum atomic E-state index is -2.22. The number of fused-ring (bicyclic) bond motifs is 5. The Bertz CT molecular complexity index is 1500. The van der Waals surface area contributed by atoms with Crippen molar-refractivity contribution in [2.45, 2.75) is 98.1 Å². The molecule has 11 heteroatoms. The van der Waals surface area contributed by atoms with Crippen LogP contribution in [0.15, 0.2) is 45.8 Å². The number of ether oxygens (including phenoxy) is 4. The highest BCUT2D eigenvalue weighted by Gasteiger charge is 2.76. The molecule has 0 spiro atoms. The predicted molar refractivity (Wildman–Crippen MR) is 157 cm³/mol. The maximum Gasteiger partial charge on any atom is 0.347 e. The van der Waals surface area contributed by atoms with E-state index in [1.807, 2.05) is 6.92 Å². The molecule has 45 heavy (non-hydrogen) atoms. The average Bonchev–Trinajstić information content (AvgIpc) is 3.51. The number of carbonyl (C=O) groups excluding carboxylic acids is 5. The second-order valence-corrected chi connectivity index (χ2v) is 13.9. The van der Waals surface area contributed by atoms with Crippen LogP contribution in [0, 0.1) is 28.1 Å². The van der Waals surface area contributed by atoms with Gasteiger partial charge in [0.25, 0.3) is 0 Å². The second-order valence-electron chi connectivity index (χ2n) is 13.9. The lowest BCUT2D eigenvalue weighted by molar-refractivity contribution is -0.247. The normalized spacial score (nSPS) is 36.2. The van der Waals surface area contributed by atoms with Gasteiger partial charge < -0.3 is 28.5 Å². The van der Waals surface area contributed by atoms with E-state index in [0.29, 0.717) is 24.0 Å². The maximum absolute atomic E-state index is 14.8. The largest absolute Gasteiger partial charge is 0.472 e. The van der Waals surface area contributed by atoms with E-state index in [1.165, 1.54) is 12.5 Å². The smallest absolute Gasteiger partial charge is 0.347 e. The number of methoxy groups -OCH3 is 1. The molecule has 2 saturated carbocycles. The minimum Gasteiger partial charge on any atom is -0.472 e. The summed E-state index contributed by atoms with van der Waals surface area (Å²) in [7, 11) is 1.16. The number of hydrogen-bond acceptors (Lipinski definition) is 11. The van der Waals surface area contributed by atoms with Crippen molar-refractivity contribution in [2.75, 3.05) is 7.11 Å². The van der Waals surface area contributed by atoms with Crippen molar-refractivity contribution in [2.24, 2.45) is 28.1 Å². The van der Waals surface area contributed by atoms with Gasteiger partial charge in [0.1, 0.15) is 12.2 Å². The molecule has 8 unspecified atom stereocenters. The highest BCUT2D eigenvalue weighted by atomic mass is 16.6. The van der Waals surface area contributed by atoms with E-state index in [1.54, 1.807) is 46.8 Å². The number of Topliss-reactive ketones (excluding diaryl/α,β-unsaturated/α-hetero) is 1. The predicted octanol–water partition coefficient (Wildman–Crippen LogP) is 4.33. The molecule has 0 amide bonds. The standard InChI is InChI=1S/C34H42O11/c1-9-17(2)27(37)45-30-31(4,5)25(24(28(38)41-8)43-18(3)35)33(7)21-10-12-32(6)22(20(21)15-34(30,40)29(33)39)14-23(36)44-26(32)19-11-13-42-16-19/h9,11,13,16,21,24-26,30,40H,10,12,14-15H2,1-8H3/b17-9+. The minimum absolute atomic E-state index is 0.0579. The van der Waals surface area contributed by atoms with Crippen molar-refractivity contribution < 1.29 is 52.4 Å². The van der Waals surface area contributed by atoms with E-state index in [9.17, 15) is 29.1 Å². The fourth-order valence-electron chi connectivity index (χ4n) is 9.09. The first-order chi connectivity index (χ1) is 21.0. The van der Waals surface area contributed by atoms with Crippen molar-refractivity contribution in [3.63, 3.8) is 0 Å². The summed E-state index contributed by atoms with van der Waals surface area (Å²) in [4.78, 5) is 67.0. The Morgan fingerprint density at radius 1 is 1.13 bits per heavy atom. The lowest BCUT2D eigenvalue weighted by Crippen LogP contribution is -2.77. The maximum atomic E-state index is 14.8. The van der Waals surface area contributed by atoms with Crippen LogP contribution in [0.3, 0.4) is 0 Å². The summed E-state index contributed by atoms with van der Waals surface area (Å²) in [6, 6.07) is 1.74. The van der Waals surface area contributed by atoms with Gasteiger partial charge in [-0.25, -0.2) is 9.59 Å². The van der Waals surface area contributed by atoms with E-state index in [4.69, 9.17) is 23.4 Å². The molecule has 1 saturated heterocycles. The quantitative estimate of drug-likeness (QED) is 0.208. The van der Waals surface area contributed by atoms with Crippen molar-refractivity contribution >= 4 is 29.7 Å². The third-order valence-corrected chi connectivity index (χ3v) is 11.1. The second kappa shape index (κ2) is 11.0. The van der Waals surface area contributed by atoms with Gasteiger partial charge in [0.15, 0.2) is 11.4 Å². The zero-order valence-corrected chi connectivity index (χ0v) is 27.1. The summed E-state index contributed by atoms with van der Waals surface area (Å²) < 4.78 is 27.9. The van der Waals surface area contributed by atoms with Crippen molar-refractivity contribution in [3.8, 4) is 0 Å². The number of carbonyl (C=O) groups is 5. The molecule has 2 heterocycles. The molecule has 5 rings (SSSR count). The number of aliphatic hydroxyl groups is 1. The number of ketones is 1. The van der Waals surface area contributed by atoms with Gasteiger partial charge in [-0.05, 0) is 44.2 Å². The Kier molecular flexibility index (Phi) is 7.95. The number of allylic oxidation sites excluding steroid dienone is 1. The van der Waals surface area contributed by atoms with Crippen LogP contribution in [-0.2, 0) is 42.9 Å². The summed E-state index contributed by atoms with van der Waals surface area (Å²) in [6.45, 7) is 11.5. The van der Waals surface area contributed by atoms with E-state index < -0.39 is 81.7 Å². The summed E-state index contributed by atoms with van der Waals surface area (Å²) in [5.41, 5.74) is -3.33. The first-order valence-corrected chi connectivity index (χ1v) is 15.3. The van der Waals surface area contributed by atoms with Crippen LogP contribution in [-0.4, -0.2) is 59.7 Å². The monoisotopic (exact) mass is 626 g/mol. The number of furan rings is 1. The molecule has 8 atom stereocenters. The van der Waals surface area contributed by atoms with E-state index in [2.05, 4.69) is 0 Å². The van der Waals surface area contributed by atoms with Crippen LogP contribution in [0.25, 0.3) is 0 Å². The fourth-order valence-corrected chi connectivity index (χ4v) is 9.09. The van der Waals surface area contributed by atoms with Gasteiger partial charge in [-0.2, -0.15) is 0 Å². The summed E-state index contributed by atoms with van der Waals surface area (Å²) >= 11 is 0. The molecular formula is C34H42O11. The lowest BCUT2D eigenvalue weighted by Gasteiger charge is -2.66. The third kappa shape index (κ3) is 4.68. The van der Waals surface area contributed by atoms with Crippen molar-refractivity contribution in [3.05, 3.63) is 47.0 Å². The molecule has 11 nitrogen and oxygen atoms in total. The fraction of sp³-hybridized carbons (Fsp3) is 0.618. The number of cyclic esters (lactones) is 1. The molecule has 244 valence electrons. The van der Waals surface area contributed by atoms with Crippen LogP contribution in [0.2, 0.25) is 0 Å². The third-order valence-electron chi connectivity index (χ3n) is 11.1. The molecule has 0 radical (unpaired) electrons. The Balaban J connectivity index is 1.79. The molecule has 4 aliphatic rings. The lowest BCUT2D eigenvalue weighted by atomic mass is 9.39. The zero-order valence-electron chi connectivity index (χ0n) is 27.1. The molecule has 3 fully saturated rings. The Morgan fingerprint density at radius 3 is 2.40 bits per heavy atom. The molecule has 1 aromatic rings. The molecular weight excluding hydrogens is 584 g/mol. The molecule has 1 aromatic heterocycles. The molecule has 0 aromatic carbocycles. The Morgan fingerprint density at radius 2 is 1.82 bits per heavy atom. The zero-order chi connectivity index (χ0) is 33.3. The molecule has 1 N–H and O–H groups in total. The van der Waals surface area contributed by atoms with E-state index in [-0.39, 0.29) is 18.4 Å². The SMILES string of the molecule is C/C=C(\C)C(=O)OC1C2(O)CC3=C4CC(=O)OC(c5ccoc5)C4(C)CCC3C(C)(C2=O)C(C(OC(C)=O)C(=O)OC)C1(C)C. The van der Waals surface area contributed by atoms with E-state index in [0.717, 1.165) is 19.6 Å². The summed E-state index contributed by atoms with van der Waals surface area (Å²) in [5, 5.41) is 12.6. The van der Waals surface area contributed by atoms with Gasteiger partial charge >= 0.3 is 23.9 Å². The van der Waals surface area contributed by atoms with Crippen LogP contribution in [0.4, 0.5) is 0 Å². The Hall–Kier alpha value is -3.73. The highest BCUT2D eigenvalue weighted by Crippen LogP contribution is 2.69. The first-order valence-electron chi connectivity index (χ1n) is 15.3. The van der Waals surface area contributed by atoms with Gasteiger partial charge in [0.05, 0.1) is 26.1 Å². The van der Waals surface area contributed by atoms with Gasteiger partial charge in [-0.3, -0.25) is 14.4 Å². The molecule has 3 aliphatic carbocycles. The summed E-state index contributed by atoms with van der Waals surface area (Å²) in [6.07, 6.45) is 1.65. The molecule has 2 bridgehead atoms. The Labute approximate surface area is 262 Å². The topological polar surface area (TPSA) is 156 Å². The highest BCUT2D eigenvalue weighted by molar-refractivity contribution is 5.99. The average molecular weight is 627 g/mol. The number of hydrogen-bond donors (Lipinski definition) is 1. The van der Waals surface area contributed by atoms with Crippen molar-refractivity contribution in [1.82, 2.24) is 0 Å². The number of rotatable bonds is 6. The van der Waals surface area contributed by atoms with Crippen LogP contribution in [0.1, 0.15) is 85.8 Å². The first kappa shape index (κ1) is 32.7. The van der Waals surface area contributed by atoms with Gasteiger partial charge in [-0.15, -0.1) is 0 Å².